The summed E-state index contributed by atoms with van der Waals surface area (Å²) in [5, 5.41) is 3.34. The van der Waals surface area contributed by atoms with E-state index in [1.165, 1.54) is 0 Å². The molecule has 0 fully saturated rings. The quantitative estimate of drug-likeness (QED) is 0.803. The summed E-state index contributed by atoms with van der Waals surface area (Å²) in [5.41, 5.74) is -0.0492. The number of hydrogen-bond donors (Lipinski definition) is 1. The molecule has 0 saturated heterocycles. The molecule has 0 aliphatic carbocycles. The van der Waals surface area contributed by atoms with Crippen molar-refractivity contribution in [2.75, 3.05) is 25.6 Å². The lowest BCUT2D eigenvalue weighted by molar-refractivity contribution is 0.143. The predicted octanol–water partition coefficient (Wildman–Crippen LogP) is 2.84. The second-order valence-electron chi connectivity index (χ2n) is 5.82. The van der Waals surface area contributed by atoms with Crippen LogP contribution in [0.4, 0.5) is 5.82 Å². The Labute approximate surface area is 115 Å². The summed E-state index contributed by atoms with van der Waals surface area (Å²) >= 11 is 0. The first-order valence-corrected chi connectivity index (χ1v) is 6.60. The Kier molecular flexibility index (Phi) is 5.54. The molecule has 0 bridgehead atoms. The molecule has 5 heteroatoms. The Bertz CT molecular complexity index is 400. The molecule has 0 atom stereocenters. The maximum Gasteiger partial charge on any atom is 0.218 e. The van der Waals surface area contributed by atoms with Gasteiger partial charge in [-0.15, -0.1) is 0 Å². The van der Waals surface area contributed by atoms with Gasteiger partial charge in [0.15, 0.2) is 0 Å². The smallest absolute Gasteiger partial charge is 0.218 e. The molecular weight excluding hydrogens is 242 g/mol. The molecule has 1 aromatic heterocycles. The Morgan fingerprint density at radius 1 is 1.21 bits per heavy atom. The zero-order valence-electron chi connectivity index (χ0n) is 12.8. The van der Waals surface area contributed by atoms with E-state index in [4.69, 9.17) is 9.47 Å². The van der Waals surface area contributed by atoms with Gasteiger partial charge >= 0.3 is 0 Å². The molecule has 19 heavy (non-hydrogen) atoms. The van der Waals surface area contributed by atoms with Gasteiger partial charge in [0.05, 0.1) is 6.61 Å². The van der Waals surface area contributed by atoms with Gasteiger partial charge in [-0.2, -0.15) is 4.98 Å². The first-order valence-electron chi connectivity index (χ1n) is 6.60. The fourth-order valence-electron chi connectivity index (χ4n) is 1.45. The summed E-state index contributed by atoms with van der Waals surface area (Å²) < 4.78 is 10.5. The summed E-state index contributed by atoms with van der Waals surface area (Å²) in [7, 11) is 1.65. The third-order valence-corrected chi connectivity index (χ3v) is 2.28. The molecule has 5 nitrogen and oxygen atoms in total. The summed E-state index contributed by atoms with van der Waals surface area (Å²) in [5.74, 6) is 2.41. The molecule has 0 aromatic carbocycles. The van der Waals surface area contributed by atoms with E-state index in [1.807, 2.05) is 6.07 Å². The van der Waals surface area contributed by atoms with Gasteiger partial charge in [-0.05, 0) is 20.8 Å². The number of methoxy groups -OCH3 is 1. The lowest BCUT2D eigenvalue weighted by Crippen LogP contribution is -2.27. The Balaban J connectivity index is 2.90. The van der Waals surface area contributed by atoms with E-state index in [1.54, 1.807) is 7.11 Å². The first-order chi connectivity index (χ1) is 8.81. The van der Waals surface area contributed by atoms with Gasteiger partial charge in [0.1, 0.15) is 18.2 Å². The van der Waals surface area contributed by atoms with Crippen molar-refractivity contribution in [3.05, 3.63) is 11.9 Å². The molecule has 0 radical (unpaired) electrons. The molecule has 0 spiro atoms. The van der Waals surface area contributed by atoms with Gasteiger partial charge < -0.3 is 14.8 Å². The summed E-state index contributed by atoms with van der Waals surface area (Å²) in [6.07, 6.45) is 0. The topological polar surface area (TPSA) is 56.3 Å². The van der Waals surface area contributed by atoms with Gasteiger partial charge in [-0.3, -0.25) is 0 Å². The van der Waals surface area contributed by atoms with Gasteiger partial charge in [0.25, 0.3) is 0 Å². The number of rotatable bonds is 6. The van der Waals surface area contributed by atoms with Gasteiger partial charge in [-0.1, -0.05) is 13.8 Å². The Hall–Kier alpha value is -1.36. The third kappa shape index (κ3) is 5.87. The number of aromatic nitrogens is 2. The molecule has 0 amide bonds. The number of hydrogen-bond acceptors (Lipinski definition) is 5. The maximum absolute atomic E-state index is 5.58. The minimum atomic E-state index is -0.0492. The third-order valence-electron chi connectivity index (χ3n) is 2.28. The minimum Gasteiger partial charge on any atom is -0.475 e. The van der Waals surface area contributed by atoms with Crippen molar-refractivity contribution >= 4 is 5.82 Å². The number of nitrogens with one attached hydrogen (secondary N) is 1. The largest absolute Gasteiger partial charge is 0.475 e. The van der Waals surface area contributed by atoms with Crippen LogP contribution in [0.15, 0.2) is 6.07 Å². The van der Waals surface area contributed by atoms with E-state index in [9.17, 15) is 0 Å². The fraction of sp³-hybridized carbons (Fsp3) is 0.714. The SMILES string of the molecule is COCCOc1cc(NC(C)(C)C)nc(C(C)C)n1. The second kappa shape index (κ2) is 6.70. The molecular formula is C14H25N3O2. The average Bonchev–Trinajstić information content (AvgIpc) is 2.26. The maximum atomic E-state index is 5.58. The minimum absolute atomic E-state index is 0.0492. The Morgan fingerprint density at radius 3 is 2.42 bits per heavy atom. The lowest BCUT2D eigenvalue weighted by atomic mass is 10.1. The average molecular weight is 267 g/mol. The monoisotopic (exact) mass is 267 g/mol. The molecule has 1 rings (SSSR count). The van der Waals surface area contributed by atoms with Crippen LogP contribution >= 0.6 is 0 Å². The molecule has 0 aliphatic rings. The van der Waals surface area contributed by atoms with Crippen molar-refractivity contribution in [3.8, 4) is 5.88 Å². The summed E-state index contributed by atoms with van der Waals surface area (Å²) in [6.45, 7) is 11.4. The van der Waals surface area contributed by atoms with Gasteiger partial charge in [0.2, 0.25) is 5.88 Å². The lowest BCUT2D eigenvalue weighted by Gasteiger charge is -2.22. The van der Waals surface area contributed by atoms with Crippen molar-refractivity contribution in [3.63, 3.8) is 0 Å². The highest BCUT2D eigenvalue weighted by atomic mass is 16.5. The zero-order valence-corrected chi connectivity index (χ0v) is 12.8. The van der Waals surface area contributed by atoms with Crippen molar-refractivity contribution in [2.45, 2.75) is 46.1 Å². The van der Waals surface area contributed by atoms with Crippen LogP contribution in [0.2, 0.25) is 0 Å². The molecule has 0 aliphatic heterocycles. The van der Waals surface area contributed by atoms with E-state index in [0.717, 1.165) is 11.6 Å². The van der Waals surface area contributed by atoms with Crippen molar-refractivity contribution in [1.29, 1.82) is 0 Å². The Morgan fingerprint density at radius 2 is 1.89 bits per heavy atom. The fourth-order valence-corrected chi connectivity index (χ4v) is 1.45. The summed E-state index contributed by atoms with van der Waals surface area (Å²) in [4.78, 5) is 8.92. The van der Waals surface area contributed by atoms with E-state index in [2.05, 4.69) is 49.9 Å². The molecule has 1 heterocycles. The van der Waals surface area contributed by atoms with Crippen LogP contribution in [-0.2, 0) is 4.74 Å². The van der Waals surface area contributed by atoms with Gasteiger partial charge in [-0.25, -0.2) is 4.98 Å². The van der Waals surface area contributed by atoms with Crippen LogP contribution in [0.5, 0.6) is 5.88 Å². The molecule has 1 N–H and O–H groups in total. The number of anilines is 1. The highest BCUT2D eigenvalue weighted by Gasteiger charge is 2.14. The van der Waals surface area contributed by atoms with Crippen molar-refractivity contribution in [1.82, 2.24) is 9.97 Å². The van der Waals surface area contributed by atoms with Crippen LogP contribution in [-0.4, -0.2) is 35.8 Å². The number of nitrogens with zero attached hydrogens (tertiary/aromatic N) is 2. The van der Waals surface area contributed by atoms with Crippen LogP contribution < -0.4 is 10.1 Å². The van der Waals surface area contributed by atoms with Crippen molar-refractivity contribution in [2.24, 2.45) is 0 Å². The second-order valence-corrected chi connectivity index (χ2v) is 5.82. The standard InChI is InChI=1S/C14H25N3O2/c1-10(2)13-15-11(17-14(3,4)5)9-12(16-13)19-8-7-18-6/h9-10H,7-8H2,1-6H3,(H,15,16,17). The highest BCUT2D eigenvalue weighted by Crippen LogP contribution is 2.21. The molecule has 1 aromatic rings. The highest BCUT2D eigenvalue weighted by molar-refractivity contribution is 5.40. The molecule has 0 saturated carbocycles. The van der Waals surface area contributed by atoms with Crippen LogP contribution in [0.25, 0.3) is 0 Å². The van der Waals surface area contributed by atoms with Crippen LogP contribution in [0.3, 0.4) is 0 Å². The summed E-state index contributed by atoms with van der Waals surface area (Å²) in [6, 6.07) is 1.83. The number of ether oxygens (including phenoxy) is 2. The van der Waals surface area contributed by atoms with Gasteiger partial charge in [0, 0.05) is 24.6 Å². The first kappa shape index (κ1) is 15.7. The zero-order chi connectivity index (χ0) is 14.5. The predicted molar refractivity (Wildman–Crippen MR) is 76.9 cm³/mol. The van der Waals surface area contributed by atoms with E-state index < -0.39 is 0 Å². The van der Waals surface area contributed by atoms with E-state index in [0.29, 0.717) is 19.1 Å². The van der Waals surface area contributed by atoms with E-state index >= 15 is 0 Å². The van der Waals surface area contributed by atoms with Crippen LogP contribution in [0, 0.1) is 0 Å². The molecule has 0 unspecified atom stereocenters. The molecule has 108 valence electrons. The normalized spacial score (nSPS) is 11.7. The van der Waals surface area contributed by atoms with Crippen LogP contribution in [0.1, 0.15) is 46.4 Å². The van der Waals surface area contributed by atoms with E-state index in [-0.39, 0.29) is 11.5 Å². The van der Waals surface area contributed by atoms with Crippen molar-refractivity contribution < 1.29 is 9.47 Å².